The van der Waals surface area contributed by atoms with Crippen molar-refractivity contribution in [3.05, 3.63) is 5.70 Å². The molecule has 1 rings (SSSR count). The molecule has 1 N–H and O–H groups in total. The number of rotatable bonds is 0. The maximum Gasteiger partial charge on any atom is 0.304 e. The Morgan fingerprint density at radius 3 is 2.62 bits per heavy atom. The Morgan fingerprint density at radius 1 is 1.62 bits per heavy atom. The molecule has 0 fully saturated rings. The highest BCUT2D eigenvalue weighted by Crippen LogP contribution is 1.96. The van der Waals surface area contributed by atoms with Gasteiger partial charge in [-0.15, -0.1) is 5.11 Å². The summed E-state index contributed by atoms with van der Waals surface area (Å²) in [5, 5.41) is 6.14. The van der Waals surface area contributed by atoms with Crippen LogP contribution in [-0.2, 0) is 9.59 Å². The third-order valence-corrected chi connectivity index (χ3v) is 0.613. The van der Waals surface area contributed by atoms with Gasteiger partial charge in [0.15, 0.2) is 5.94 Å². The van der Waals surface area contributed by atoms with Gasteiger partial charge in [-0.05, 0) is 0 Å². The molecular formula is C3HN3O2. The van der Waals surface area contributed by atoms with Crippen molar-refractivity contribution in [1.29, 1.82) is 0 Å². The molecule has 0 radical (unpaired) electrons. The van der Waals surface area contributed by atoms with Crippen molar-refractivity contribution >= 4 is 11.8 Å². The molecule has 0 saturated carbocycles. The van der Waals surface area contributed by atoms with Gasteiger partial charge in [-0.1, -0.05) is 5.22 Å². The van der Waals surface area contributed by atoms with E-state index in [2.05, 4.69) is 10.3 Å². The van der Waals surface area contributed by atoms with E-state index in [0.29, 0.717) is 0 Å². The van der Waals surface area contributed by atoms with Gasteiger partial charge in [0.1, 0.15) is 0 Å². The second-order valence-electron chi connectivity index (χ2n) is 1.09. The van der Waals surface area contributed by atoms with Crippen LogP contribution >= 0.6 is 0 Å². The summed E-state index contributed by atoms with van der Waals surface area (Å²) in [5.41, 5.74) is 1.64. The van der Waals surface area contributed by atoms with Crippen molar-refractivity contribution in [2.24, 2.45) is 10.3 Å². The summed E-state index contributed by atoms with van der Waals surface area (Å²) >= 11 is 0. The van der Waals surface area contributed by atoms with E-state index in [1.165, 1.54) is 5.94 Å². The quantitative estimate of drug-likeness (QED) is 0.328. The molecule has 0 bridgehead atoms. The number of nitrogens with zero attached hydrogens (tertiary/aromatic N) is 2. The van der Waals surface area contributed by atoms with Crippen LogP contribution in [0.15, 0.2) is 16.0 Å². The molecule has 5 nitrogen and oxygen atoms in total. The smallest absolute Gasteiger partial charge is 0.265 e. The summed E-state index contributed by atoms with van der Waals surface area (Å²) in [6.45, 7) is 0. The van der Waals surface area contributed by atoms with E-state index >= 15 is 0 Å². The first-order valence-electron chi connectivity index (χ1n) is 1.81. The van der Waals surface area contributed by atoms with E-state index in [9.17, 15) is 9.59 Å². The third kappa shape index (κ3) is 0.506. The zero-order chi connectivity index (χ0) is 5.98. The maximum absolute atomic E-state index is 10.2. The molecule has 40 valence electrons. The molecule has 0 spiro atoms. The summed E-state index contributed by atoms with van der Waals surface area (Å²) in [5.74, 6) is 0.711. The number of amides is 1. The third-order valence-electron chi connectivity index (χ3n) is 0.613. The Morgan fingerprint density at radius 2 is 2.38 bits per heavy atom. The van der Waals surface area contributed by atoms with Crippen LogP contribution in [-0.4, -0.2) is 11.8 Å². The molecule has 0 aromatic heterocycles. The van der Waals surface area contributed by atoms with Crippen LogP contribution in [0.2, 0.25) is 0 Å². The minimum absolute atomic E-state index is 0.301. The van der Waals surface area contributed by atoms with Gasteiger partial charge in [-0.3, -0.25) is 4.79 Å². The molecule has 1 aliphatic heterocycles. The molecule has 8 heavy (non-hydrogen) atoms. The zero-order valence-corrected chi connectivity index (χ0v) is 3.71. The molecule has 0 aromatic rings. The zero-order valence-electron chi connectivity index (χ0n) is 3.71. The van der Waals surface area contributed by atoms with E-state index in [0.717, 1.165) is 0 Å². The van der Waals surface area contributed by atoms with E-state index < -0.39 is 5.91 Å². The predicted octanol–water partition coefficient (Wildman–Crippen LogP) is -0.801. The lowest BCUT2D eigenvalue weighted by atomic mass is 10.5. The van der Waals surface area contributed by atoms with Crippen LogP contribution in [0.3, 0.4) is 0 Å². The molecule has 1 heterocycles. The molecule has 0 unspecified atom stereocenters. The SMILES string of the molecule is O=C=C1N=NNC1=O. The first-order valence-corrected chi connectivity index (χ1v) is 1.81. The Bertz CT molecular complexity index is 201. The average molecular weight is 111 g/mol. The molecule has 0 aromatic carbocycles. The molecule has 0 aliphatic carbocycles. The van der Waals surface area contributed by atoms with Gasteiger partial charge in [-0.2, -0.15) is 0 Å². The van der Waals surface area contributed by atoms with Gasteiger partial charge in [0.05, 0.1) is 0 Å². The maximum atomic E-state index is 10.2. The Hall–Kier alpha value is -1.48. The van der Waals surface area contributed by atoms with Crippen molar-refractivity contribution in [2.75, 3.05) is 0 Å². The Balaban J connectivity index is 2.99. The summed E-state index contributed by atoms with van der Waals surface area (Å²) in [7, 11) is 0. The fourth-order valence-electron chi connectivity index (χ4n) is 0.286. The van der Waals surface area contributed by atoms with E-state index in [-0.39, 0.29) is 5.70 Å². The molecular weight excluding hydrogens is 110 g/mol. The first kappa shape index (κ1) is 4.67. The standard InChI is InChI=1S/C3HN3O2/c7-1-2-3(8)5-6-4-2/h(H,4,5,8). The number of hydrogen-bond acceptors (Lipinski definition) is 4. The van der Waals surface area contributed by atoms with Gasteiger partial charge < -0.3 is 0 Å². The molecule has 1 aliphatic rings. The van der Waals surface area contributed by atoms with Crippen molar-refractivity contribution in [3.63, 3.8) is 0 Å². The van der Waals surface area contributed by atoms with E-state index in [1.54, 1.807) is 0 Å². The van der Waals surface area contributed by atoms with Crippen LogP contribution in [0.4, 0.5) is 0 Å². The number of carbonyl (C=O) groups is 1. The van der Waals surface area contributed by atoms with Crippen LogP contribution in [0.25, 0.3) is 0 Å². The van der Waals surface area contributed by atoms with Crippen LogP contribution in [0, 0.1) is 0 Å². The van der Waals surface area contributed by atoms with Gasteiger partial charge >= 0.3 is 5.91 Å². The summed E-state index contributed by atoms with van der Waals surface area (Å²) in [4.78, 5) is 19.8. The lowest BCUT2D eigenvalue weighted by Gasteiger charge is -1.75. The Kier molecular flexibility index (Phi) is 0.908. The van der Waals surface area contributed by atoms with E-state index in [4.69, 9.17) is 0 Å². The summed E-state index contributed by atoms with van der Waals surface area (Å²) in [6.07, 6.45) is 0. The van der Waals surface area contributed by atoms with Crippen molar-refractivity contribution in [2.45, 2.75) is 0 Å². The molecule has 1 amide bonds. The van der Waals surface area contributed by atoms with E-state index in [1.807, 2.05) is 5.43 Å². The van der Waals surface area contributed by atoms with Crippen LogP contribution in [0.5, 0.6) is 0 Å². The largest absolute Gasteiger partial charge is 0.304 e. The topological polar surface area (TPSA) is 70.9 Å². The molecule has 0 atom stereocenters. The lowest BCUT2D eigenvalue weighted by molar-refractivity contribution is -0.116. The highest BCUT2D eigenvalue weighted by Gasteiger charge is 2.13. The van der Waals surface area contributed by atoms with Gasteiger partial charge in [-0.25, -0.2) is 10.2 Å². The second-order valence-corrected chi connectivity index (χ2v) is 1.09. The summed E-state index contributed by atoms with van der Waals surface area (Å²) < 4.78 is 0. The highest BCUT2D eigenvalue weighted by molar-refractivity contribution is 6.00. The number of hydrogen-bond donors (Lipinski definition) is 1. The Labute approximate surface area is 44.1 Å². The minimum Gasteiger partial charge on any atom is -0.265 e. The predicted molar refractivity (Wildman–Crippen MR) is 22.2 cm³/mol. The molecule has 5 heteroatoms. The van der Waals surface area contributed by atoms with Crippen molar-refractivity contribution in [1.82, 2.24) is 5.43 Å². The van der Waals surface area contributed by atoms with Gasteiger partial charge in [0, 0.05) is 0 Å². The fourth-order valence-corrected chi connectivity index (χ4v) is 0.286. The monoisotopic (exact) mass is 111 g/mol. The second kappa shape index (κ2) is 1.55. The number of nitrogens with one attached hydrogen (secondary N) is 1. The van der Waals surface area contributed by atoms with Gasteiger partial charge in [0.2, 0.25) is 5.70 Å². The molecule has 0 saturated heterocycles. The van der Waals surface area contributed by atoms with Gasteiger partial charge in [0.25, 0.3) is 0 Å². The minimum atomic E-state index is -0.597. The first-order chi connectivity index (χ1) is 3.84. The van der Waals surface area contributed by atoms with Crippen LogP contribution in [0.1, 0.15) is 0 Å². The lowest BCUT2D eigenvalue weighted by Crippen LogP contribution is -2.11. The highest BCUT2D eigenvalue weighted by atomic mass is 16.2. The average Bonchev–Trinajstić information content (AvgIpc) is 2.14. The normalized spacial score (nSPS) is 16.0. The van der Waals surface area contributed by atoms with Crippen molar-refractivity contribution in [3.8, 4) is 0 Å². The van der Waals surface area contributed by atoms with Crippen molar-refractivity contribution < 1.29 is 9.59 Å². The fraction of sp³-hybridized carbons (Fsp3) is 0. The summed E-state index contributed by atoms with van der Waals surface area (Å²) in [6, 6.07) is 0. The number of carbonyl (C=O) groups excluding carboxylic acids is 2. The van der Waals surface area contributed by atoms with Crippen LogP contribution < -0.4 is 5.43 Å².